The Hall–Kier alpha value is -1.51. The molecule has 0 saturated heterocycles. The molecule has 0 radical (unpaired) electrons. The normalized spacial score (nSPS) is 11.0. The first-order valence-electron chi connectivity index (χ1n) is 4.26. The maximum absolute atomic E-state index is 5.51. The SMILES string of the molecule is CC(C)Oc1nccc2occc12. The van der Waals surface area contributed by atoms with Gasteiger partial charge in [-0.3, -0.25) is 0 Å². The van der Waals surface area contributed by atoms with Gasteiger partial charge in [-0.15, -0.1) is 0 Å². The summed E-state index contributed by atoms with van der Waals surface area (Å²) in [6.45, 7) is 3.95. The second-order valence-electron chi connectivity index (χ2n) is 3.12. The van der Waals surface area contributed by atoms with E-state index in [2.05, 4.69) is 4.98 Å². The van der Waals surface area contributed by atoms with Gasteiger partial charge in [-0.2, -0.15) is 0 Å². The van der Waals surface area contributed by atoms with Crippen LogP contribution in [0.15, 0.2) is 29.0 Å². The van der Waals surface area contributed by atoms with Crippen LogP contribution in [0.25, 0.3) is 11.0 Å². The van der Waals surface area contributed by atoms with Crippen molar-refractivity contribution in [2.45, 2.75) is 20.0 Å². The molecular formula is C10H11NO2. The van der Waals surface area contributed by atoms with Crippen LogP contribution < -0.4 is 4.74 Å². The second-order valence-corrected chi connectivity index (χ2v) is 3.12. The average molecular weight is 177 g/mol. The molecule has 68 valence electrons. The van der Waals surface area contributed by atoms with Crippen LogP contribution in [0.5, 0.6) is 5.88 Å². The summed E-state index contributed by atoms with van der Waals surface area (Å²) < 4.78 is 10.7. The zero-order valence-electron chi connectivity index (χ0n) is 7.65. The maximum atomic E-state index is 5.51. The predicted octanol–water partition coefficient (Wildman–Crippen LogP) is 2.62. The average Bonchev–Trinajstić information content (AvgIpc) is 2.51. The highest BCUT2D eigenvalue weighted by Gasteiger charge is 2.06. The van der Waals surface area contributed by atoms with Gasteiger partial charge >= 0.3 is 0 Å². The zero-order valence-corrected chi connectivity index (χ0v) is 7.65. The van der Waals surface area contributed by atoms with Gasteiger partial charge in [0.05, 0.1) is 17.8 Å². The summed E-state index contributed by atoms with van der Waals surface area (Å²) in [6, 6.07) is 3.68. The molecule has 0 unspecified atom stereocenters. The van der Waals surface area contributed by atoms with Gasteiger partial charge in [0.25, 0.3) is 0 Å². The first-order chi connectivity index (χ1) is 6.27. The minimum absolute atomic E-state index is 0.132. The Morgan fingerprint density at radius 1 is 1.38 bits per heavy atom. The van der Waals surface area contributed by atoms with Crippen LogP contribution in [0, 0.1) is 0 Å². The van der Waals surface area contributed by atoms with E-state index in [4.69, 9.17) is 9.15 Å². The highest BCUT2D eigenvalue weighted by atomic mass is 16.5. The number of rotatable bonds is 2. The Morgan fingerprint density at radius 3 is 3.00 bits per heavy atom. The molecule has 0 N–H and O–H groups in total. The molecule has 0 spiro atoms. The van der Waals surface area contributed by atoms with Crippen molar-refractivity contribution in [1.82, 2.24) is 4.98 Å². The van der Waals surface area contributed by atoms with Gasteiger partial charge < -0.3 is 9.15 Å². The van der Waals surface area contributed by atoms with E-state index in [9.17, 15) is 0 Å². The summed E-state index contributed by atoms with van der Waals surface area (Å²) in [6.07, 6.45) is 3.45. The van der Waals surface area contributed by atoms with Crippen LogP contribution in [0.3, 0.4) is 0 Å². The Balaban J connectivity index is 2.48. The number of hydrogen-bond acceptors (Lipinski definition) is 3. The van der Waals surface area contributed by atoms with E-state index in [0.717, 1.165) is 11.0 Å². The summed E-state index contributed by atoms with van der Waals surface area (Å²) in [5.41, 5.74) is 0.811. The van der Waals surface area contributed by atoms with Crippen molar-refractivity contribution in [3.8, 4) is 5.88 Å². The molecule has 0 aliphatic carbocycles. The Kier molecular flexibility index (Phi) is 1.93. The third kappa shape index (κ3) is 1.49. The van der Waals surface area contributed by atoms with Gasteiger partial charge in [-0.05, 0) is 26.0 Å². The molecule has 3 nitrogen and oxygen atoms in total. The fourth-order valence-corrected chi connectivity index (χ4v) is 1.19. The molecule has 2 aromatic rings. The molecule has 2 rings (SSSR count). The molecule has 0 aliphatic heterocycles. The number of aromatic nitrogens is 1. The molecular weight excluding hydrogens is 166 g/mol. The molecule has 0 saturated carbocycles. The van der Waals surface area contributed by atoms with E-state index in [1.54, 1.807) is 12.5 Å². The highest BCUT2D eigenvalue weighted by Crippen LogP contribution is 2.24. The molecule has 0 bridgehead atoms. The number of fused-ring (bicyclic) bond motifs is 1. The van der Waals surface area contributed by atoms with Crippen molar-refractivity contribution < 1.29 is 9.15 Å². The van der Waals surface area contributed by atoms with Crippen LogP contribution in [0.1, 0.15) is 13.8 Å². The number of furan rings is 1. The van der Waals surface area contributed by atoms with Gasteiger partial charge in [-0.25, -0.2) is 4.98 Å². The summed E-state index contributed by atoms with van der Waals surface area (Å²) in [7, 11) is 0. The fourth-order valence-electron chi connectivity index (χ4n) is 1.19. The van der Waals surface area contributed by atoms with E-state index < -0.39 is 0 Å². The maximum Gasteiger partial charge on any atom is 0.224 e. The van der Waals surface area contributed by atoms with Gasteiger partial charge in [0.2, 0.25) is 5.88 Å². The van der Waals surface area contributed by atoms with Crippen molar-refractivity contribution in [1.29, 1.82) is 0 Å². The molecule has 0 aromatic carbocycles. The highest BCUT2D eigenvalue weighted by molar-refractivity contribution is 5.81. The predicted molar refractivity (Wildman–Crippen MR) is 49.8 cm³/mol. The molecule has 0 fully saturated rings. The molecule has 0 atom stereocenters. The van der Waals surface area contributed by atoms with Gasteiger partial charge in [0.15, 0.2) is 0 Å². The van der Waals surface area contributed by atoms with E-state index in [1.165, 1.54) is 0 Å². The van der Waals surface area contributed by atoms with E-state index >= 15 is 0 Å². The monoisotopic (exact) mass is 177 g/mol. The lowest BCUT2D eigenvalue weighted by Gasteiger charge is -2.08. The lowest BCUT2D eigenvalue weighted by molar-refractivity contribution is 0.236. The standard InChI is InChI=1S/C10H11NO2/c1-7(2)13-10-8-4-6-12-9(8)3-5-11-10/h3-7H,1-2H3. The minimum Gasteiger partial charge on any atom is -0.474 e. The number of pyridine rings is 1. The molecule has 13 heavy (non-hydrogen) atoms. The van der Waals surface area contributed by atoms with Gasteiger partial charge in [-0.1, -0.05) is 0 Å². The number of nitrogens with zero attached hydrogens (tertiary/aromatic N) is 1. The van der Waals surface area contributed by atoms with Crippen LogP contribution in [0.2, 0.25) is 0 Å². The fraction of sp³-hybridized carbons (Fsp3) is 0.300. The topological polar surface area (TPSA) is 35.3 Å². The van der Waals surface area contributed by atoms with Gasteiger partial charge in [0.1, 0.15) is 5.58 Å². The lowest BCUT2D eigenvalue weighted by atomic mass is 10.3. The van der Waals surface area contributed by atoms with Crippen LogP contribution in [-0.2, 0) is 0 Å². The van der Waals surface area contributed by atoms with Crippen molar-refractivity contribution in [3.05, 3.63) is 24.6 Å². The van der Waals surface area contributed by atoms with E-state index in [1.807, 2.05) is 26.0 Å². The second kappa shape index (κ2) is 3.09. The Bertz CT molecular complexity index is 406. The van der Waals surface area contributed by atoms with Crippen molar-refractivity contribution >= 4 is 11.0 Å². The Labute approximate surface area is 76.3 Å². The molecule has 3 heteroatoms. The van der Waals surface area contributed by atoms with Crippen LogP contribution in [0.4, 0.5) is 0 Å². The number of ether oxygens (including phenoxy) is 1. The summed E-state index contributed by atoms with van der Waals surface area (Å²) in [4.78, 5) is 4.14. The summed E-state index contributed by atoms with van der Waals surface area (Å²) in [5.74, 6) is 0.640. The van der Waals surface area contributed by atoms with E-state index in [-0.39, 0.29) is 6.10 Å². The molecule has 2 aromatic heterocycles. The van der Waals surface area contributed by atoms with Crippen molar-refractivity contribution in [2.24, 2.45) is 0 Å². The smallest absolute Gasteiger partial charge is 0.224 e. The Morgan fingerprint density at radius 2 is 2.23 bits per heavy atom. The lowest BCUT2D eigenvalue weighted by Crippen LogP contribution is -2.06. The molecule has 2 heterocycles. The molecule has 0 amide bonds. The largest absolute Gasteiger partial charge is 0.474 e. The van der Waals surface area contributed by atoms with Crippen molar-refractivity contribution in [2.75, 3.05) is 0 Å². The van der Waals surface area contributed by atoms with Crippen molar-refractivity contribution in [3.63, 3.8) is 0 Å². The summed E-state index contributed by atoms with van der Waals surface area (Å²) in [5, 5.41) is 0.927. The quantitative estimate of drug-likeness (QED) is 0.707. The number of hydrogen-bond donors (Lipinski definition) is 0. The first kappa shape index (κ1) is 8.10. The van der Waals surface area contributed by atoms with Crippen LogP contribution >= 0.6 is 0 Å². The van der Waals surface area contributed by atoms with Gasteiger partial charge in [0, 0.05) is 6.20 Å². The third-order valence-electron chi connectivity index (χ3n) is 1.69. The first-order valence-corrected chi connectivity index (χ1v) is 4.26. The summed E-state index contributed by atoms with van der Waals surface area (Å²) >= 11 is 0. The molecule has 0 aliphatic rings. The van der Waals surface area contributed by atoms with E-state index in [0.29, 0.717) is 5.88 Å². The zero-order chi connectivity index (χ0) is 9.26. The minimum atomic E-state index is 0.132. The van der Waals surface area contributed by atoms with Crippen LogP contribution in [-0.4, -0.2) is 11.1 Å². The third-order valence-corrected chi connectivity index (χ3v) is 1.69.